The van der Waals surface area contributed by atoms with E-state index in [4.69, 9.17) is 0 Å². The van der Waals surface area contributed by atoms with Crippen LogP contribution in [0.2, 0.25) is 0 Å². The molecule has 0 radical (unpaired) electrons. The third-order valence-corrected chi connectivity index (χ3v) is 5.28. The van der Waals surface area contributed by atoms with E-state index in [9.17, 15) is 4.79 Å². The number of anilines is 1. The lowest BCUT2D eigenvalue weighted by molar-refractivity contribution is 0.0930. The third kappa shape index (κ3) is 4.16. The first-order chi connectivity index (χ1) is 10.2. The highest BCUT2D eigenvalue weighted by atomic mass is 32.2. The Kier molecular flexibility index (Phi) is 5.97. The van der Waals surface area contributed by atoms with Crippen LogP contribution in [0.5, 0.6) is 0 Å². The fraction of sp³-hybridized carbons (Fsp3) is 0.588. The maximum Gasteiger partial charge on any atom is 0.253 e. The Morgan fingerprint density at radius 1 is 1.33 bits per heavy atom. The summed E-state index contributed by atoms with van der Waals surface area (Å²) in [6.45, 7) is 4.89. The molecule has 1 amide bonds. The second-order valence-electron chi connectivity index (χ2n) is 5.72. The molecule has 4 heteroatoms. The van der Waals surface area contributed by atoms with Crippen molar-refractivity contribution >= 4 is 23.4 Å². The second-order valence-corrected chi connectivity index (χ2v) is 6.79. The van der Waals surface area contributed by atoms with Gasteiger partial charge in [-0.2, -0.15) is 11.8 Å². The van der Waals surface area contributed by atoms with Crippen molar-refractivity contribution in [1.29, 1.82) is 0 Å². The molecule has 0 spiro atoms. The number of benzene rings is 1. The molecule has 1 aliphatic rings. The molecule has 1 saturated carbocycles. The predicted octanol–water partition coefficient (Wildman–Crippen LogP) is 3.83. The maximum absolute atomic E-state index is 12.7. The molecule has 1 fully saturated rings. The van der Waals surface area contributed by atoms with Crippen LogP contribution in [-0.2, 0) is 0 Å². The molecule has 0 bridgehead atoms. The van der Waals surface area contributed by atoms with E-state index >= 15 is 0 Å². The molecular weight excluding hydrogens is 280 g/mol. The summed E-state index contributed by atoms with van der Waals surface area (Å²) in [5, 5.41) is 7.09. The van der Waals surface area contributed by atoms with Crippen molar-refractivity contribution in [2.24, 2.45) is 0 Å². The highest BCUT2D eigenvalue weighted by Crippen LogP contribution is 2.28. The highest BCUT2D eigenvalue weighted by molar-refractivity contribution is 7.99. The summed E-state index contributed by atoms with van der Waals surface area (Å²) in [7, 11) is 0. The van der Waals surface area contributed by atoms with Crippen LogP contribution in [-0.4, -0.2) is 30.0 Å². The molecule has 1 aliphatic carbocycles. The first-order valence-electron chi connectivity index (χ1n) is 7.84. The predicted molar refractivity (Wildman–Crippen MR) is 92.4 cm³/mol. The van der Waals surface area contributed by atoms with Gasteiger partial charge in [0.15, 0.2) is 0 Å². The molecule has 2 rings (SSSR count). The first-order valence-corrected chi connectivity index (χ1v) is 9.12. The Morgan fingerprint density at radius 3 is 2.81 bits per heavy atom. The van der Waals surface area contributed by atoms with Crippen molar-refractivity contribution in [3.05, 3.63) is 29.3 Å². The Balaban J connectivity index is 2.13. The zero-order valence-electron chi connectivity index (χ0n) is 13.2. The number of hydrogen-bond donors (Lipinski definition) is 2. The van der Waals surface area contributed by atoms with Crippen LogP contribution >= 0.6 is 11.8 Å². The second kappa shape index (κ2) is 7.74. The lowest BCUT2D eigenvalue weighted by Gasteiger charge is -2.31. The average Bonchev–Trinajstić information content (AvgIpc) is 2.49. The Morgan fingerprint density at radius 2 is 2.10 bits per heavy atom. The fourth-order valence-electron chi connectivity index (χ4n) is 2.98. The normalized spacial score (nSPS) is 21.9. The summed E-state index contributed by atoms with van der Waals surface area (Å²) in [6, 6.07) is 6.32. The topological polar surface area (TPSA) is 41.1 Å². The zero-order valence-corrected chi connectivity index (χ0v) is 14.1. The quantitative estimate of drug-likeness (QED) is 0.868. The minimum absolute atomic E-state index is 0.0561. The molecule has 2 atom stereocenters. The highest BCUT2D eigenvalue weighted by Gasteiger charge is 2.26. The standard InChI is InChI=1S/C17H26N2OS/c1-4-18-14-10-9-12(2)11-13(14)17(20)19-15-7-5-6-8-16(15)21-3/h9-11,15-16,18H,4-8H2,1-3H3,(H,19,20). The minimum Gasteiger partial charge on any atom is -0.385 e. The van der Waals surface area contributed by atoms with Crippen molar-refractivity contribution in [3.63, 3.8) is 0 Å². The van der Waals surface area contributed by atoms with Gasteiger partial charge in [-0.25, -0.2) is 0 Å². The molecular formula is C17H26N2OS. The van der Waals surface area contributed by atoms with Gasteiger partial charge < -0.3 is 10.6 Å². The van der Waals surface area contributed by atoms with E-state index in [1.54, 1.807) is 0 Å². The summed E-state index contributed by atoms with van der Waals surface area (Å²) >= 11 is 1.88. The zero-order chi connectivity index (χ0) is 15.2. The SMILES string of the molecule is CCNc1ccc(C)cc1C(=O)NC1CCCCC1SC. The van der Waals surface area contributed by atoms with Gasteiger partial charge in [0.1, 0.15) is 0 Å². The number of hydrogen-bond acceptors (Lipinski definition) is 3. The number of carbonyl (C=O) groups excluding carboxylic acids is 1. The molecule has 2 unspecified atom stereocenters. The van der Waals surface area contributed by atoms with Gasteiger partial charge >= 0.3 is 0 Å². The molecule has 0 aliphatic heterocycles. The summed E-state index contributed by atoms with van der Waals surface area (Å²) < 4.78 is 0. The summed E-state index contributed by atoms with van der Waals surface area (Å²) in [5.41, 5.74) is 2.81. The van der Waals surface area contributed by atoms with E-state index in [0.29, 0.717) is 11.3 Å². The molecule has 0 saturated heterocycles. The molecule has 2 N–H and O–H groups in total. The number of carbonyl (C=O) groups is 1. The molecule has 21 heavy (non-hydrogen) atoms. The molecule has 116 valence electrons. The van der Waals surface area contributed by atoms with E-state index in [1.807, 2.05) is 43.8 Å². The van der Waals surface area contributed by atoms with Crippen LogP contribution < -0.4 is 10.6 Å². The summed E-state index contributed by atoms with van der Waals surface area (Å²) in [6.07, 6.45) is 6.95. The summed E-state index contributed by atoms with van der Waals surface area (Å²) in [5.74, 6) is 0.0561. The number of aryl methyl sites for hydroxylation is 1. The smallest absolute Gasteiger partial charge is 0.253 e. The van der Waals surface area contributed by atoms with Crippen LogP contribution in [0.3, 0.4) is 0 Å². The van der Waals surface area contributed by atoms with E-state index in [1.165, 1.54) is 19.3 Å². The Labute approximate surface area is 132 Å². The van der Waals surface area contributed by atoms with Gasteiger partial charge in [0.05, 0.1) is 5.56 Å². The van der Waals surface area contributed by atoms with E-state index in [2.05, 4.69) is 16.9 Å². The van der Waals surface area contributed by atoms with Crippen LogP contribution in [0.15, 0.2) is 18.2 Å². The molecule has 0 aromatic heterocycles. The minimum atomic E-state index is 0.0561. The van der Waals surface area contributed by atoms with Gasteiger partial charge in [0.25, 0.3) is 5.91 Å². The largest absolute Gasteiger partial charge is 0.385 e. The number of rotatable bonds is 5. The van der Waals surface area contributed by atoms with E-state index in [-0.39, 0.29) is 5.91 Å². The monoisotopic (exact) mass is 306 g/mol. The fourth-order valence-corrected chi connectivity index (χ4v) is 3.92. The lowest BCUT2D eigenvalue weighted by Crippen LogP contribution is -2.43. The third-order valence-electron chi connectivity index (χ3n) is 4.11. The molecule has 1 aromatic carbocycles. The number of nitrogens with one attached hydrogen (secondary N) is 2. The molecule has 1 aromatic rings. The lowest BCUT2D eigenvalue weighted by atomic mass is 9.94. The van der Waals surface area contributed by atoms with E-state index < -0.39 is 0 Å². The van der Waals surface area contributed by atoms with Gasteiger partial charge in [-0.3, -0.25) is 4.79 Å². The van der Waals surface area contributed by atoms with Crippen molar-refractivity contribution < 1.29 is 4.79 Å². The van der Waals surface area contributed by atoms with Crippen molar-refractivity contribution in [1.82, 2.24) is 5.32 Å². The average molecular weight is 306 g/mol. The van der Waals surface area contributed by atoms with Crippen LogP contribution in [0.25, 0.3) is 0 Å². The summed E-state index contributed by atoms with van der Waals surface area (Å²) in [4.78, 5) is 12.7. The Bertz CT molecular complexity index is 490. The van der Waals surface area contributed by atoms with Crippen LogP contribution in [0.1, 0.15) is 48.5 Å². The van der Waals surface area contributed by atoms with Gasteiger partial charge in [-0.1, -0.05) is 24.5 Å². The van der Waals surface area contributed by atoms with Gasteiger partial charge in [-0.05, 0) is 45.1 Å². The van der Waals surface area contributed by atoms with Gasteiger partial charge in [0.2, 0.25) is 0 Å². The molecule has 0 heterocycles. The van der Waals surface area contributed by atoms with Crippen molar-refractivity contribution in [3.8, 4) is 0 Å². The van der Waals surface area contributed by atoms with Gasteiger partial charge in [-0.15, -0.1) is 0 Å². The van der Waals surface area contributed by atoms with E-state index in [0.717, 1.165) is 29.8 Å². The first kappa shape index (κ1) is 16.2. The van der Waals surface area contributed by atoms with Crippen molar-refractivity contribution in [2.45, 2.75) is 50.8 Å². The number of thioether (sulfide) groups is 1. The Hall–Kier alpha value is -1.16. The van der Waals surface area contributed by atoms with Crippen LogP contribution in [0.4, 0.5) is 5.69 Å². The van der Waals surface area contributed by atoms with Gasteiger partial charge in [0, 0.05) is 23.5 Å². The van der Waals surface area contributed by atoms with Crippen LogP contribution in [0, 0.1) is 6.92 Å². The number of amides is 1. The molecule has 3 nitrogen and oxygen atoms in total. The van der Waals surface area contributed by atoms with Crippen molar-refractivity contribution in [2.75, 3.05) is 18.1 Å². The maximum atomic E-state index is 12.7.